The molecule has 17 heavy (non-hydrogen) atoms. The monoisotopic (exact) mass is 231 g/mol. The lowest BCUT2D eigenvalue weighted by atomic mass is 10.1. The summed E-state index contributed by atoms with van der Waals surface area (Å²) in [4.78, 5) is 11.3. The smallest absolute Gasteiger partial charge is 0.411 e. The third-order valence-electron chi connectivity index (χ3n) is 2.19. The summed E-state index contributed by atoms with van der Waals surface area (Å²) < 4.78 is 10.1. The molecule has 1 amide bonds. The molecule has 1 aromatic heterocycles. The highest BCUT2D eigenvalue weighted by molar-refractivity contribution is 5.85. The van der Waals surface area contributed by atoms with Gasteiger partial charge in [0, 0.05) is 11.3 Å². The van der Waals surface area contributed by atoms with E-state index in [1.165, 1.54) is 0 Å². The van der Waals surface area contributed by atoms with Crippen LogP contribution in [0.5, 0.6) is 0 Å². The molecular weight excluding hydrogens is 218 g/mol. The van der Waals surface area contributed by atoms with Gasteiger partial charge in [-0.05, 0) is 31.2 Å². The minimum atomic E-state index is -0.455. The topological polar surface area (TPSA) is 51.5 Å². The van der Waals surface area contributed by atoms with Gasteiger partial charge in [0.15, 0.2) is 0 Å². The Morgan fingerprint density at radius 3 is 2.94 bits per heavy atom. The zero-order valence-electron chi connectivity index (χ0n) is 9.47. The highest BCUT2D eigenvalue weighted by Gasteiger charge is 2.04. The number of furan rings is 1. The van der Waals surface area contributed by atoms with E-state index in [1.807, 2.05) is 30.3 Å². The van der Waals surface area contributed by atoms with Crippen molar-refractivity contribution in [2.45, 2.75) is 6.92 Å². The van der Waals surface area contributed by atoms with Crippen LogP contribution in [0.4, 0.5) is 10.5 Å². The Morgan fingerprint density at radius 1 is 1.35 bits per heavy atom. The van der Waals surface area contributed by atoms with Crippen LogP contribution in [-0.4, -0.2) is 12.7 Å². The van der Waals surface area contributed by atoms with Crippen molar-refractivity contribution < 1.29 is 13.9 Å². The van der Waals surface area contributed by atoms with Crippen LogP contribution >= 0.6 is 0 Å². The predicted molar refractivity (Wildman–Crippen MR) is 64.8 cm³/mol. The van der Waals surface area contributed by atoms with Gasteiger partial charge < -0.3 is 9.15 Å². The lowest BCUT2D eigenvalue weighted by Gasteiger charge is -2.06. The van der Waals surface area contributed by atoms with Crippen LogP contribution in [0.2, 0.25) is 0 Å². The number of hydrogen-bond donors (Lipinski definition) is 1. The molecule has 0 saturated carbocycles. The first-order valence-electron chi connectivity index (χ1n) is 5.37. The van der Waals surface area contributed by atoms with Crippen LogP contribution in [-0.2, 0) is 4.74 Å². The molecule has 0 atom stereocenters. The number of carbonyl (C=O) groups excluding carboxylic acids is 1. The van der Waals surface area contributed by atoms with Gasteiger partial charge in [-0.15, -0.1) is 0 Å². The molecule has 0 aliphatic heterocycles. The summed E-state index contributed by atoms with van der Waals surface area (Å²) in [6.07, 6.45) is 1.16. The van der Waals surface area contributed by atoms with Gasteiger partial charge in [0.2, 0.25) is 0 Å². The highest BCUT2D eigenvalue weighted by Crippen LogP contribution is 2.22. The standard InChI is InChI=1S/C13H13NO3/c1-2-16-13(15)14-11-6-3-5-10(9-11)12-7-4-8-17-12/h3-9H,2H2,1H3,(H,14,15). The van der Waals surface area contributed by atoms with Crippen molar-refractivity contribution in [1.82, 2.24) is 0 Å². The maximum Gasteiger partial charge on any atom is 0.411 e. The van der Waals surface area contributed by atoms with E-state index >= 15 is 0 Å². The van der Waals surface area contributed by atoms with Crippen LogP contribution in [0.25, 0.3) is 11.3 Å². The number of hydrogen-bond acceptors (Lipinski definition) is 3. The molecule has 0 radical (unpaired) electrons. The van der Waals surface area contributed by atoms with Gasteiger partial charge in [-0.1, -0.05) is 12.1 Å². The molecule has 4 heteroatoms. The van der Waals surface area contributed by atoms with E-state index in [9.17, 15) is 4.79 Å². The molecule has 0 bridgehead atoms. The summed E-state index contributed by atoms with van der Waals surface area (Å²) in [5.74, 6) is 0.762. The summed E-state index contributed by atoms with van der Waals surface area (Å²) in [5, 5.41) is 2.64. The van der Waals surface area contributed by atoms with E-state index in [0.29, 0.717) is 12.3 Å². The zero-order valence-corrected chi connectivity index (χ0v) is 9.47. The molecule has 0 unspecified atom stereocenters. The highest BCUT2D eigenvalue weighted by atomic mass is 16.5. The number of amides is 1. The summed E-state index contributed by atoms with van der Waals surface area (Å²) in [5.41, 5.74) is 1.58. The molecule has 1 N–H and O–H groups in total. The summed E-state index contributed by atoms with van der Waals surface area (Å²) in [6, 6.07) is 11.1. The van der Waals surface area contributed by atoms with Gasteiger partial charge in [-0.3, -0.25) is 5.32 Å². The Labute approximate surface area is 99.2 Å². The van der Waals surface area contributed by atoms with E-state index in [2.05, 4.69) is 5.32 Å². The Kier molecular flexibility index (Phi) is 3.45. The molecule has 2 rings (SSSR count). The number of benzene rings is 1. The lowest BCUT2D eigenvalue weighted by molar-refractivity contribution is 0.168. The van der Waals surface area contributed by atoms with Gasteiger partial charge >= 0.3 is 6.09 Å². The lowest BCUT2D eigenvalue weighted by Crippen LogP contribution is -2.13. The molecule has 0 saturated heterocycles. The fourth-order valence-electron chi connectivity index (χ4n) is 1.48. The Morgan fingerprint density at radius 2 is 2.24 bits per heavy atom. The van der Waals surface area contributed by atoms with E-state index in [1.54, 1.807) is 19.3 Å². The Hall–Kier alpha value is -2.23. The minimum Gasteiger partial charge on any atom is -0.464 e. The quantitative estimate of drug-likeness (QED) is 0.879. The van der Waals surface area contributed by atoms with Crippen LogP contribution in [0.1, 0.15) is 6.92 Å². The molecule has 0 spiro atoms. The number of nitrogens with one attached hydrogen (secondary N) is 1. The van der Waals surface area contributed by atoms with Crippen LogP contribution in [0.15, 0.2) is 47.1 Å². The molecule has 0 aliphatic rings. The molecule has 2 aromatic rings. The SMILES string of the molecule is CCOC(=O)Nc1cccc(-c2ccco2)c1. The van der Waals surface area contributed by atoms with Crippen molar-refractivity contribution >= 4 is 11.8 Å². The predicted octanol–water partition coefficient (Wildman–Crippen LogP) is 3.52. The second-order valence-electron chi connectivity index (χ2n) is 3.40. The average Bonchev–Trinajstić information content (AvgIpc) is 2.83. The second kappa shape index (κ2) is 5.21. The van der Waals surface area contributed by atoms with E-state index < -0.39 is 6.09 Å². The molecule has 1 heterocycles. The number of ether oxygens (including phenoxy) is 1. The number of anilines is 1. The maximum absolute atomic E-state index is 11.3. The van der Waals surface area contributed by atoms with Crippen molar-refractivity contribution in [3.63, 3.8) is 0 Å². The van der Waals surface area contributed by atoms with Gasteiger partial charge in [-0.2, -0.15) is 0 Å². The molecule has 88 valence electrons. The van der Waals surface area contributed by atoms with Crippen molar-refractivity contribution in [3.05, 3.63) is 42.7 Å². The van der Waals surface area contributed by atoms with Crippen LogP contribution in [0, 0.1) is 0 Å². The van der Waals surface area contributed by atoms with E-state index in [-0.39, 0.29) is 0 Å². The van der Waals surface area contributed by atoms with Gasteiger partial charge in [0.25, 0.3) is 0 Å². The maximum atomic E-state index is 11.3. The van der Waals surface area contributed by atoms with Crippen LogP contribution < -0.4 is 5.32 Å². The van der Waals surface area contributed by atoms with Crippen molar-refractivity contribution in [2.75, 3.05) is 11.9 Å². The number of carbonyl (C=O) groups is 1. The van der Waals surface area contributed by atoms with Crippen molar-refractivity contribution in [1.29, 1.82) is 0 Å². The van der Waals surface area contributed by atoms with E-state index in [0.717, 1.165) is 11.3 Å². The molecule has 0 aliphatic carbocycles. The zero-order chi connectivity index (χ0) is 12.1. The molecule has 1 aromatic carbocycles. The Balaban J connectivity index is 2.15. The van der Waals surface area contributed by atoms with Crippen molar-refractivity contribution in [2.24, 2.45) is 0 Å². The molecule has 4 nitrogen and oxygen atoms in total. The average molecular weight is 231 g/mol. The first kappa shape index (κ1) is 11.3. The fourth-order valence-corrected chi connectivity index (χ4v) is 1.48. The van der Waals surface area contributed by atoms with Gasteiger partial charge in [-0.25, -0.2) is 4.79 Å². The second-order valence-corrected chi connectivity index (χ2v) is 3.40. The third kappa shape index (κ3) is 2.87. The normalized spacial score (nSPS) is 9.94. The Bertz CT molecular complexity index is 491. The van der Waals surface area contributed by atoms with Gasteiger partial charge in [0.1, 0.15) is 5.76 Å². The van der Waals surface area contributed by atoms with Crippen LogP contribution in [0.3, 0.4) is 0 Å². The molecular formula is C13H13NO3. The summed E-state index contributed by atoms with van der Waals surface area (Å²) in [7, 11) is 0. The largest absolute Gasteiger partial charge is 0.464 e. The third-order valence-corrected chi connectivity index (χ3v) is 2.19. The minimum absolute atomic E-state index is 0.351. The first-order valence-corrected chi connectivity index (χ1v) is 5.37. The molecule has 0 fully saturated rings. The van der Waals surface area contributed by atoms with E-state index in [4.69, 9.17) is 9.15 Å². The summed E-state index contributed by atoms with van der Waals surface area (Å²) in [6.45, 7) is 2.11. The van der Waals surface area contributed by atoms with Gasteiger partial charge in [0.05, 0.1) is 12.9 Å². The first-order chi connectivity index (χ1) is 8.29. The van der Waals surface area contributed by atoms with Crippen molar-refractivity contribution in [3.8, 4) is 11.3 Å². The number of rotatable bonds is 3. The summed E-state index contributed by atoms with van der Waals surface area (Å²) >= 11 is 0. The fraction of sp³-hybridized carbons (Fsp3) is 0.154.